The zero-order chi connectivity index (χ0) is 22.8. The van der Waals surface area contributed by atoms with Crippen LogP contribution in [0.25, 0.3) is 0 Å². The van der Waals surface area contributed by atoms with Gasteiger partial charge in [-0.2, -0.15) is 0 Å². The van der Waals surface area contributed by atoms with Gasteiger partial charge in [0.15, 0.2) is 6.04 Å². The Morgan fingerprint density at radius 2 is 2.10 bits per heavy atom. The second kappa shape index (κ2) is 8.71. The Morgan fingerprint density at radius 3 is 2.74 bits per heavy atom. The third-order valence-corrected chi connectivity index (χ3v) is 5.68. The molecule has 2 unspecified atom stereocenters. The van der Waals surface area contributed by atoms with E-state index >= 15 is 0 Å². The quantitative estimate of drug-likeness (QED) is 0.540. The Morgan fingerprint density at radius 1 is 1.35 bits per heavy atom. The lowest BCUT2D eigenvalue weighted by Crippen LogP contribution is -2.73. The van der Waals surface area contributed by atoms with Gasteiger partial charge in [-0.3, -0.25) is 4.79 Å². The average molecular weight is 428 g/mol. The largest absolute Gasteiger partial charge is 0.467 e. The fourth-order valence-corrected chi connectivity index (χ4v) is 3.83. The minimum absolute atomic E-state index is 0.318. The Labute approximate surface area is 179 Å². The van der Waals surface area contributed by atoms with Crippen LogP contribution < -0.4 is 11.1 Å². The van der Waals surface area contributed by atoms with Crippen LogP contribution in [-0.4, -0.2) is 40.9 Å². The lowest BCUT2D eigenvalue weighted by atomic mass is 9.68. The van der Waals surface area contributed by atoms with Crippen molar-refractivity contribution in [3.05, 3.63) is 59.5 Å². The lowest BCUT2D eigenvalue weighted by Gasteiger charge is -2.51. The summed E-state index contributed by atoms with van der Waals surface area (Å²) in [6, 6.07) is 6.90. The average Bonchev–Trinajstić information content (AvgIpc) is 2.74. The summed E-state index contributed by atoms with van der Waals surface area (Å²) in [7, 11) is 1.21. The number of benzene rings is 1. The van der Waals surface area contributed by atoms with E-state index in [1.54, 1.807) is 38.2 Å². The number of carbonyl (C=O) groups excluding carboxylic acids is 3. The predicted octanol–water partition coefficient (Wildman–Crippen LogP) is 2.60. The molecule has 0 saturated carbocycles. The molecule has 1 aliphatic heterocycles. The van der Waals surface area contributed by atoms with Gasteiger partial charge in [-0.15, -0.1) is 0 Å². The molecule has 3 atom stereocenters. The number of β-lactam (4-membered cyclic amide) rings is 1. The molecular formula is C22H25FN4O4. The molecule has 164 valence electrons. The second-order valence-electron chi connectivity index (χ2n) is 7.83. The molecule has 2 aromatic rings. The van der Waals surface area contributed by atoms with Crippen LogP contribution in [0.15, 0.2) is 42.6 Å². The SMILES string of the molecule is COC(=O)[C@H]1N(C(=O)NC(C)c2cccc(F)c2)C(=O)C1(C)CCc1ccnc(N)c1. The molecule has 0 aliphatic carbocycles. The van der Waals surface area contributed by atoms with Gasteiger partial charge in [-0.05, 0) is 62.1 Å². The predicted molar refractivity (Wildman–Crippen MR) is 111 cm³/mol. The highest BCUT2D eigenvalue weighted by molar-refractivity contribution is 6.10. The molecule has 0 bridgehead atoms. The van der Waals surface area contributed by atoms with Crippen LogP contribution in [0.1, 0.15) is 37.4 Å². The van der Waals surface area contributed by atoms with Crippen molar-refractivity contribution in [2.75, 3.05) is 12.8 Å². The Hall–Kier alpha value is -3.49. The first-order chi connectivity index (χ1) is 14.7. The number of methoxy groups -OCH3 is 1. The highest BCUT2D eigenvalue weighted by Crippen LogP contribution is 2.43. The van der Waals surface area contributed by atoms with Gasteiger partial charge in [0.25, 0.3) is 0 Å². The number of carbonyl (C=O) groups is 3. The van der Waals surface area contributed by atoms with E-state index in [0.717, 1.165) is 10.5 Å². The van der Waals surface area contributed by atoms with Crippen molar-refractivity contribution >= 4 is 23.7 Å². The Kier molecular flexibility index (Phi) is 6.24. The molecule has 0 radical (unpaired) electrons. The molecule has 0 spiro atoms. The number of hydrogen-bond acceptors (Lipinski definition) is 6. The van der Waals surface area contributed by atoms with Crippen LogP contribution in [0.5, 0.6) is 0 Å². The minimum Gasteiger partial charge on any atom is -0.467 e. The highest BCUT2D eigenvalue weighted by atomic mass is 19.1. The molecule has 1 fully saturated rings. The van der Waals surface area contributed by atoms with Crippen LogP contribution in [0.3, 0.4) is 0 Å². The third kappa shape index (κ3) is 4.35. The molecule has 3 N–H and O–H groups in total. The summed E-state index contributed by atoms with van der Waals surface area (Å²) in [5.41, 5.74) is 6.00. The molecule has 3 rings (SSSR count). The maximum absolute atomic E-state index is 13.5. The zero-order valence-electron chi connectivity index (χ0n) is 17.6. The molecular weight excluding hydrogens is 403 g/mol. The second-order valence-corrected chi connectivity index (χ2v) is 7.83. The van der Waals surface area contributed by atoms with E-state index in [-0.39, 0.29) is 0 Å². The molecule has 31 heavy (non-hydrogen) atoms. The first-order valence-electron chi connectivity index (χ1n) is 9.85. The number of likely N-dealkylation sites (tertiary alicyclic amines) is 1. The van der Waals surface area contributed by atoms with Gasteiger partial charge < -0.3 is 15.8 Å². The van der Waals surface area contributed by atoms with Crippen molar-refractivity contribution in [2.45, 2.75) is 38.8 Å². The summed E-state index contributed by atoms with van der Waals surface area (Å²) >= 11 is 0. The summed E-state index contributed by atoms with van der Waals surface area (Å²) < 4.78 is 18.3. The van der Waals surface area contributed by atoms with Crippen LogP contribution in [-0.2, 0) is 20.7 Å². The first-order valence-corrected chi connectivity index (χ1v) is 9.85. The van der Waals surface area contributed by atoms with Crippen molar-refractivity contribution in [3.63, 3.8) is 0 Å². The van der Waals surface area contributed by atoms with E-state index < -0.39 is 41.2 Å². The summed E-state index contributed by atoms with van der Waals surface area (Å²) in [6.07, 6.45) is 2.36. The van der Waals surface area contributed by atoms with Crippen LogP contribution >= 0.6 is 0 Å². The number of urea groups is 1. The van der Waals surface area contributed by atoms with Gasteiger partial charge in [-0.1, -0.05) is 12.1 Å². The van der Waals surface area contributed by atoms with Gasteiger partial charge in [0.05, 0.1) is 18.6 Å². The third-order valence-electron chi connectivity index (χ3n) is 5.68. The van der Waals surface area contributed by atoms with Crippen LogP contribution in [0, 0.1) is 11.2 Å². The molecule has 3 amide bonds. The number of hydrogen-bond donors (Lipinski definition) is 2. The molecule has 2 heterocycles. The van der Waals surface area contributed by atoms with E-state index in [1.807, 2.05) is 0 Å². The van der Waals surface area contributed by atoms with E-state index in [4.69, 9.17) is 10.5 Å². The summed E-state index contributed by atoms with van der Waals surface area (Å²) in [5, 5.41) is 2.65. The van der Waals surface area contributed by atoms with Crippen LogP contribution in [0.2, 0.25) is 0 Å². The number of aryl methyl sites for hydroxylation is 1. The van der Waals surface area contributed by atoms with Gasteiger partial charge in [0.1, 0.15) is 11.6 Å². The maximum Gasteiger partial charge on any atom is 0.330 e. The van der Waals surface area contributed by atoms with Gasteiger partial charge in [-0.25, -0.2) is 23.9 Å². The minimum atomic E-state index is -1.11. The number of esters is 1. The fraction of sp³-hybridized carbons (Fsp3) is 0.364. The fourth-order valence-electron chi connectivity index (χ4n) is 3.83. The number of anilines is 1. The molecule has 8 nitrogen and oxygen atoms in total. The lowest BCUT2D eigenvalue weighted by molar-refractivity contribution is -0.179. The Bertz CT molecular complexity index is 1010. The maximum atomic E-state index is 13.5. The summed E-state index contributed by atoms with van der Waals surface area (Å²) in [4.78, 5) is 43.1. The molecule has 1 saturated heterocycles. The number of rotatable bonds is 6. The molecule has 9 heteroatoms. The van der Waals surface area contributed by atoms with Crippen molar-refractivity contribution < 1.29 is 23.5 Å². The van der Waals surface area contributed by atoms with E-state index in [0.29, 0.717) is 24.2 Å². The highest BCUT2D eigenvalue weighted by Gasteiger charge is 2.63. The monoisotopic (exact) mass is 428 g/mol. The number of nitrogens with zero attached hydrogens (tertiary/aromatic N) is 2. The van der Waals surface area contributed by atoms with Gasteiger partial charge >= 0.3 is 12.0 Å². The molecule has 1 aliphatic rings. The number of imide groups is 1. The van der Waals surface area contributed by atoms with Gasteiger partial charge in [0.2, 0.25) is 5.91 Å². The topological polar surface area (TPSA) is 115 Å². The van der Waals surface area contributed by atoms with Crippen molar-refractivity contribution in [1.82, 2.24) is 15.2 Å². The van der Waals surface area contributed by atoms with Crippen molar-refractivity contribution in [3.8, 4) is 0 Å². The number of nitrogens with two attached hydrogens (primary N) is 1. The summed E-state index contributed by atoms with van der Waals surface area (Å²) in [6.45, 7) is 3.30. The van der Waals surface area contributed by atoms with E-state index in [2.05, 4.69) is 10.3 Å². The van der Waals surface area contributed by atoms with Crippen molar-refractivity contribution in [1.29, 1.82) is 0 Å². The van der Waals surface area contributed by atoms with Crippen LogP contribution in [0.4, 0.5) is 15.0 Å². The van der Waals surface area contributed by atoms with E-state index in [9.17, 15) is 18.8 Å². The number of amides is 3. The standard InChI is InChI=1S/C22H25FN4O4/c1-13(15-5-4-6-16(23)12-15)26-21(30)27-18(19(28)31-3)22(2,20(27)29)9-7-14-8-10-25-17(24)11-14/h4-6,8,10-13,18H,7,9H2,1-3H3,(H2,24,25)(H,26,30)/t13?,18-,22?/m1/s1. The van der Waals surface area contributed by atoms with Gasteiger partial charge in [0, 0.05) is 6.20 Å². The van der Waals surface area contributed by atoms with Crippen molar-refractivity contribution in [2.24, 2.45) is 5.41 Å². The smallest absolute Gasteiger partial charge is 0.330 e. The number of halogens is 1. The number of aromatic nitrogens is 1. The Balaban J connectivity index is 1.75. The number of nitrogens with one attached hydrogen (secondary N) is 1. The molecule has 1 aromatic carbocycles. The number of pyridine rings is 1. The number of ether oxygens (including phenoxy) is 1. The number of nitrogen functional groups attached to an aromatic ring is 1. The zero-order valence-corrected chi connectivity index (χ0v) is 17.6. The summed E-state index contributed by atoms with van der Waals surface area (Å²) in [5.74, 6) is -1.23. The first kappa shape index (κ1) is 22.2. The van der Waals surface area contributed by atoms with E-state index in [1.165, 1.54) is 25.3 Å². The molecule has 1 aromatic heterocycles. The normalized spacial score (nSPS) is 21.2.